The van der Waals surface area contributed by atoms with Gasteiger partial charge in [-0.1, -0.05) is 13.0 Å². The van der Waals surface area contributed by atoms with Crippen molar-refractivity contribution in [3.05, 3.63) is 81.8 Å². The van der Waals surface area contributed by atoms with E-state index >= 15 is 0 Å². The fourth-order valence-electron chi connectivity index (χ4n) is 6.37. The summed E-state index contributed by atoms with van der Waals surface area (Å²) in [6.07, 6.45) is 8.08. The maximum atomic E-state index is 13.8. The number of aromatic amines is 1. The van der Waals surface area contributed by atoms with Gasteiger partial charge in [-0.2, -0.15) is 10.4 Å². The number of pyridine rings is 1. The Kier molecular flexibility index (Phi) is 6.51. The SMILES string of the molecule is Cc1cnn(C)c1-c1cc(C#N)ccc1-c1cc(C2CC2)nc(-n2cnc3cc(CN4CCC[C@H](C)C4)[nH]c3c2=O)c1. The molecule has 9 heteroatoms. The third-order valence-electron chi connectivity index (χ3n) is 8.64. The van der Waals surface area contributed by atoms with Gasteiger partial charge in [-0.25, -0.2) is 14.5 Å². The van der Waals surface area contributed by atoms with E-state index in [2.05, 4.69) is 39.0 Å². The van der Waals surface area contributed by atoms with Gasteiger partial charge in [0.2, 0.25) is 0 Å². The monoisotopic (exact) mass is 558 g/mol. The normalized spacial score (nSPS) is 17.5. The first-order valence-corrected chi connectivity index (χ1v) is 14.8. The first kappa shape index (κ1) is 26.4. The molecule has 0 bridgehead atoms. The van der Waals surface area contributed by atoms with Gasteiger partial charge in [0, 0.05) is 43.0 Å². The summed E-state index contributed by atoms with van der Waals surface area (Å²) < 4.78 is 3.40. The van der Waals surface area contributed by atoms with Crippen LogP contribution in [0.25, 0.3) is 39.2 Å². The van der Waals surface area contributed by atoms with E-state index in [1.165, 1.54) is 12.8 Å². The molecule has 5 heterocycles. The molecule has 1 saturated heterocycles. The van der Waals surface area contributed by atoms with E-state index in [0.29, 0.717) is 34.3 Å². The Balaban J connectivity index is 1.33. The summed E-state index contributed by atoms with van der Waals surface area (Å²) in [6, 6.07) is 14.1. The zero-order chi connectivity index (χ0) is 29.0. The number of nitrogens with one attached hydrogen (secondary N) is 1. The molecule has 0 unspecified atom stereocenters. The van der Waals surface area contributed by atoms with Crippen LogP contribution in [0.15, 0.2) is 53.7 Å². The van der Waals surface area contributed by atoms with Gasteiger partial charge in [0.25, 0.3) is 5.56 Å². The maximum absolute atomic E-state index is 13.8. The van der Waals surface area contributed by atoms with Gasteiger partial charge in [0.05, 0.1) is 29.0 Å². The summed E-state index contributed by atoms with van der Waals surface area (Å²) in [7, 11) is 1.91. The number of piperidine rings is 1. The van der Waals surface area contributed by atoms with E-state index in [0.717, 1.165) is 71.8 Å². The summed E-state index contributed by atoms with van der Waals surface area (Å²) in [4.78, 5) is 29.3. The lowest BCUT2D eigenvalue weighted by Gasteiger charge is -2.30. The van der Waals surface area contributed by atoms with Crippen LogP contribution in [0.3, 0.4) is 0 Å². The zero-order valence-electron chi connectivity index (χ0n) is 24.3. The molecule has 7 rings (SSSR count). The number of H-pyrrole nitrogens is 1. The lowest BCUT2D eigenvalue weighted by Crippen LogP contribution is -2.33. The zero-order valence-corrected chi connectivity index (χ0v) is 24.3. The molecule has 0 radical (unpaired) electrons. The molecule has 1 atom stereocenters. The van der Waals surface area contributed by atoms with Crippen molar-refractivity contribution < 1.29 is 0 Å². The third-order valence-corrected chi connectivity index (χ3v) is 8.64. The van der Waals surface area contributed by atoms with Gasteiger partial charge in [-0.3, -0.25) is 14.4 Å². The minimum atomic E-state index is -0.160. The van der Waals surface area contributed by atoms with Crippen molar-refractivity contribution in [3.63, 3.8) is 0 Å². The summed E-state index contributed by atoms with van der Waals surface area (Å²) in [5, 5.41) is 14.1. The largest absolute Gasteiger partial charge is 0.351 e. The standard InChI is InChI=1S/C33H34N8O/c1-20-5-4-10-40(17-20)18-25-14-29-31(37-25)33(42)41(19-35-29)30-13-24(12-28(38-30)23-7-8-23)26-9-6-22(15-34)11-27(26)32-21(2)16-36-39(32)3/h6,9,11-14,16,19-20,23,37H,4-5,7-8,10,17-18H2,1-3H3/t20-/m0/s1. The second-order valence-electron chi connectivity index (χ2n) is 12.0. The summed E-state index contributed by atoms with van der Waals surface area (Å²) in [6.45, 7) is 7.26. The van der Waals surface area contributed by atoms with Crippen LogP contribution in [0.2, 0.25) is 0 Å². The third kappa shape index (κ3) is 4.82. The quantitative estimate of drug-likeness (QED) is 0.296. The fourth-order valence-corrected chi connectivity index (χ4v) is 6.37. The molecule has 0 amide bonds. The molecular weight excluding hydrogens is 524 g/mol. The molecule has 1 aliphatic heterocycles. The lowest BCUT2D eigenvalue weighted by molar-refractivity contribution is 0.175. The molecule has 2 fully saturated rings. The maximum Gasteiger partial charge on any atom is 0.283 e. The molecule has 1 aromatic carbocycles. The fraction of sp³-hybridized carbons (Fsp3) is 0.364. The molecule has 0 spiro atoms. The molecule has 1 saturated carbocycles. The van der Waals surface area contributed by atoms with Crippen LogP contribution in [0.5, 0.6) is 0 Å². The Morgan fingerprint density at radius 3 is 2.71 bits per heavy atom. The van der Waals surface area contributed by atoms with Crippen LogP contribution in [0.1, 0.15) is 61.0 Å². The Bertz CT molecular complexity index is 1900. The molecule has 1 N–H and O–H groups in total. The van der Waals surface area contributed by atoms with E-state index in [1.807, 2.05) is 55.2 Å². The highest BCUT2D eigenvalue weighted by molar-refractivity contribution is 5.85. The number of aromatic nitrogens is 6. The molecule has 5 aromatic rings. The van der Waals surface area contributed by atoms with Crippen LogP contribution in [0, 0.1) is 24.2 Å². The summed E-state index contributed by atoms with van der Waals surface area (Å²) in [5.41, 5.74) is 8.39. The Hall–Kier alpha value is -4.55. The smallest absolute Gasteiger partial charge is 0.283 e. The Morgan fingerprint density at radius 1 is 1.12 bits per heavy atom. The van der Waals surface area contributed by atoms with Gasteiger partial charge < -0.3 is 4.98 Å². The van der Waals surface area contributed by atoms with Gasteiger partial charge in [0.15, 0.2) is 0 Å². The molecular formula is C33H34N8O. The van der Waals surface area contributed by atoms with Gasteiger partial charge in [0.1, 0.15) is 17.7 Å². The van der Waals surface area contributed by atoms with Crippen molar-refractivity contribution in [1.82, 2.24) is 34.2 Å². The first-order valence-electron chi connectivity index (χ1n) is 14.8. The summed E-state index contributed by atoms with van der Waals surface area (Å²) in [5.74, 6) is 1.61. The van der Waals surface area contributed by atoms with Crippen molar-refractivity contribution >= 4 is 11.0 Å². The second-order valence-corrected chi connectivity index (χ2v) is 12.0. The summed E-state index contributed by atoms with van der Waals surface area (Å²) >= 11 is 0. The van der Waals surface area contributed by atoms with Crippen molar-refractivity contribution in [2.24, 2.45) is 13.0 Å². The number of hydrogen-bond donors (Lipinski definition) is 1. The van der Waals surface area contributed by atoms with Gasteiger partial charge >= 0.3 is 0 Å². The van der Waals surface area contributed by atoms with Crippen LogP contribution in [-0.4, -0.2) is 47.3 Å². The highest BCUT2D eigenvalue weighted by Gasteiger charge is 2.27. The van der Waals surface area contributed by atoms with Gasteiger partial charge in [-0.05, 0) is 92.1 Å². The molecule has 4 aromatic heterocycles. The van der Waals surface area contributed by atoms with E-state index in [9.17, 15) is 10.1 Å². The van der Waals surface area contributed by atoms with Crippen LogP contribution >= 0.6 is 0 Å². The highest BCUT2D eigenvalue weighted by atomic mass is 16.1. The van der Waals surface area contributed by atoms with Crippen LogP contribution < -0.4 is 5.56 Å². The van der Waals surface area contributed by atoms with E-state index in [1.54, 1.807) is 10.9 Å². The Morgan fingerprint density at radius 2 is 1.98 bits per heavy atom. The molecule has 1 aliphatic carbocycles. The number of rotatable bonds is 6. The van der Waals surface area contributed by atoms with Crippen molar-refractivity contribution in [2.75, 3.05) is 13.1 Å². The second kappa shape index (κ2) is 10.4. The average Bonchev–Trinajstić information content (AvgIpc) is 3.68. The molecule has 42 heavy (non-hydrogen) atoms. The minimum absolute atomic E-state index is 0.160. The number of nitriles is 1. The topological polar surface area (TPSA) is 108 Å². The predicted molar refractivity (Wildman–Crippen MR) is 162 cm³/mol. The molecule has 212 valence electrons. The highest BCUT2D eigenvalue weighted by Crippen LogP contribution is 2.42. The first-order chi connectivity index (χ1) is 20.4. The van der Waals surface area contributed by atoms with E-state index < -0.39 is 0 Å². The average molecular weight is 559 g/mol. The van der Waals surface area contributed by atoms with Gasteiger partial charge in [-0.15, -0.1) is 0 Å². The van der Waals surface area contributed by atoms with Crippen molar-refractivity contribution in [1.29, 1.82) is 5.26 Å². The van der Waals surface area contributed by atoms with Crippen LogP contribution in [-0.2, 0) is 13.6 Å². The Labute approximate surface area is 244 Å². The van der Waals surface area contributed by atoms with E-state index in [-0.39, 0.29) is 5.56 Å². The minimum Gasteiger partial charge on any atom is -0.351 e. The number of fused-ring (bicyclic) bond motifs is 1. The van der Waals surface area contributed by atoms with E-state index in [4.69, 9.17) is 4.98 Å². The number of likely N-dealkylation sites (tertiary alicyclic amines) is 1. The number of hydrogen-bond acceptors (Lipinski definition) is 6. The number of aryl methyl sites for hydroxylation is 2. The predicted octanol–water partition coefficient (Wildman–Crippen LogP) is 5.47. The van der Waals surface area contributed by atoms with Crippen molar-refractivity contribution in [3.8, 4) is 34.3 Å². The number of nitrogens with zero attached hydrogens (tertiary/aromatic N) is 7. The van der Waals surface area contributed by atoms with Crippen molar-refractivity contribution in [2.45, 2.75) is 52.0 Å². The molecule has 9 nitrogen and oxygen atoms in total. The number of benzene rings is 1. The molecule has 2 aliphatic rings. The lowest BCUT2D eigenvalue weighted by atomic mass is 9.94. The van der Waals surface area contributed by atoms with Crippen LogP contribution in [0.4, 0.5) is 0 Å².